The van der Waals surface area contributed by atoms with E-state index in [1.165, 1.54) is 7.11 Å². The molecule has 0 saturated carbocycles. The Morgan fingerprint density at radius 1 is 1.19 bits per heavy atom. The number of anilines is 1. The molecule has 0 unspecified atom stereocenters. The van der Waals surface area contributed by atoms with E-state index in [0.29, 0.717) is 22.1 Å². The first-order valence-corrected chi connectivity index (χ1v) is 7.91. The number of hydrogen-bond acceptors (Lipinski definition) is 5. The summed E-state index contributed by atoms with van der Waals surface area (Å²) in [6.07, 6.45) is 0. The number of para-hydroxylation sites is 3. The van der Waals surface area contributed by atoms with Gasteiger partial charge in [0.05, 0.1) is 17.8 Å². The van der Waals surface area contributed by atoms with Gasteiger partial charge in [0.15, 0.2) is 11.4 Å². The second-order valence-corrected chi connectivity index (χ2v) is 5.64. The van der Waals surface area contributed by atoms with Crippen LogP contribution in [0, 0.1) is 0 Å². The van der Waals surface area contributed by atoms with Crippen LogP contribution in [-0.2, 0) is 0 Å². The number of nitrogens with one attached hydrogen (secondary N) is 1. The van der Waals surface area contributed by atoms with Crippen molar-refractivity contribution in [2.24, 2.45) is 0 Å². The zero-order valence-corrected chi connectivity index (χ0v) is 14.4. The highest BCUT2D eigenvalue weighted by atomic mass is 35.5. The second kappa shape index (κ2) is 7.28. The quantitative estimate of drug-likeness (QED) is 0.735. The van der Waals surface area contributed by atoms with Crippen molar-refractivity contribution in [1.82, 2.24) is 9.78 Å². The summed E-state index contributed by atoms with van der Waals surface area (Å²) in [7, 11) is 1.45. The minimum atomic E-state index is -0.709. The molecular weight excluding hydrogens is 358 g/mol. The third kappa shape index (κ3) is 3.38. The lowest BCUT2D eigenvalue weighted by Crippen LogP contribution is -2.25. The molecule has 3 rings (SSSR count). The van der Waals surface area contributed by atoms with E-state index in [1.807, 2.05) is 0 Å². The summed E-state index contributed by atoms with van der Waals surface area (Å²) in [6, 6.07) is 14.2. The summed E-state index contributed by atoms with van der Waals surface area (Å²) in [5.74, 6) is -0.852. The molecule has 0 aliphatic rings. The lowest BCUT2D eigenvalue weighted by molar-refractivity contribution is 0.101. The van der Waals surface area contributed by atoms with Crippen LogP contribution in [0.4, 0.5) is 5.69 Å². The van der Waals surface area contributed by atoms with Crippen LogP contribution in [0.3, 0.4) is 0 Å². The van der Waals surface area contributed by atoms with Crippen molar-refractivity contribution in [3.63, 3.8) is 0 Å². The zero-order valence-electron chi connectivity index (χ0n) is 13.6. The van der Waals surface area contributed by atoms with Gasteiger partial charge in [-0.2, -0.15) is 9.78 Å². The Bertz CT molecular complexity index is 1030. The normalized spacial score (nSPS) is 10.4. The highest BCUT2D eigenvalue weighted by Gasteiger charge is 2.19. The Kier molecular flexibility index (Phi) is 4.90. The van der Waals surface area contributed by atoms with Gasteiger partial charge in [-0.1, -0.05) is 35.9 Å². The topological polar surface area (TPSA) is 93.5 Å². The first-order chi connectivity index (χ1) is 12.5. The fourth-order valence-electron chi connectivity index (χ4n) is 2.33. The minimum absolute atomic E-state index is 0.324. The van der Waals surface area contributed by atoms with Crippen LogP contribution in [0.25, 0.3) is 5.69 Å². The number of rotatable bonds is 4. The van der Waals surface area contributed by atoms with Crippen LogP contribution in [0.2, 0.25) is 5.02 Å². The number of carbonyl (C=O) groups excluding carboxylic acids is 1. The molecule has 0 spiro atoms. The van der Waals surface area contributed by atoms with Crippen LogP contribution in [0.15, 0.2) is 59.4 Å². The molecule has 0 bridgehead atoms. The standard InChI is InChI=1S/C18H14ClN3O4/c1-26-15-9-5-4-8-13(15)22-16(24)10-14(23)17(21-22)18(25)20-12-7-3-2-6-11(12)19/h2-10,23H,1H3,(H,20,25). The fraction of sp³-hybridized carbons (Fsp3) is 0.0556. The number of aromatic hydroxyl groups is 1. The third-order valence-electron chi connectivity index (χ3n) is 3.56. The van der Waals surface area contributed by atoms with Crippen molar-refractivity contribution in [3.8, 4) is 17.2 Å². The Labute approximate surface area is 153 Å². The average molecular weight is 372 g/mol. The number of hydrogen-bond donors (Lipinski definition) is 2. The van der Waals surface area contributed by atoms with E-state index in [0.717, 1.165) is 10.7 Å². The number of nitrogens with zero attached hydrogens (tertiary/aromatic N) is 2. The van der Waals surface area contributed by atoms with Crippen molar-refractivity contribution in [2.45, 2.75) is 0 Å². The summed E-state index contributed by atoms with van der Waals surface area (Å²) in [5, 5.41) is 16.9. The minimum Gasteiger partial charge on any atom is -0.505 e. The summed E-state index contributed by atoms with van der Waals surface area (Å²) in [6.45, 7) is 0. The summed E-state index contributed by atoms with van der Waals surface area (Å²) in [4.78, 5) is 24.7. The van der Waals surface area contributed by atoms with Gasteiger partial charge in [0.25, 0.3) is 11.5 Å². The van der Waals surface area contributed by atoms with Crippen molar-refractivity contribution in [2.75, 3.05) is 12.4 Å². The molecule has 3 aromatic rings. The van der Waals surface area contributed by atoms with Crippen LogP contribution in [-0.4, -0.2) is 27.9 Å². The van der Waals surface area contributed by atoms with Crippen molar-refractivity contribution >= 4 is 23.2 Å². The number of benzene rings is 2. The predicted molar refractivity (Wildman–Crippen MR) is 97.5 cm³/mol. The number of amides is 1. The van der Waals surface area contributed by atoms with Crippen molar-refractivity contribution in [1.29, 1.82) is 0 Å². The number of carbonyl (C=O) groups is 1. The molecule has 132 valence electrons. The number of ether oxygens (including phenoxy) is 1. The number of methoxy groups -OCH3 is 1. The molecule has 0 aliphatic carbocycles. The van der Waals surface area contributed by atoms with Gasteiger partial charge in [0.2, 0.25) is 0 Å². The largest absolute Gasteiger partial charge is 0.505 e. The molecule has 1 heterocycles. The molecule has 0 fully saturated rings. The SMILES string of the molecule is COc1ccccc1-n1nc(C(=O)Nc2ccccc2Cl)c(O)cc1=O. The monoisotopic (exact) mass is 371 g/mol. The number of halogens is 1. The molecule has 2 aromatic carbocycles. The molecule has 0 radical (unpaired) electrons. The van der Waals surface area contributed by atoms with Crippen LogP contribution >= 0.6 is 11.6 Å². The van der Waals surface area contributed by atoms with Crippen molar-refractivity contribution in [3.05, 3.63) is 75.7 Å². The van der Waals surface area contributed by atoms with Gasteiger partial charge in [-0.3, -0.25) is 9.59 Å². The lowest BCUT2D eigenvalue weighted by Gasteiger charge is -2.12. The van der Waals surface area contributed by atoms with E-state index in [-0.39, 0.29) is 5.69 Å². The van der Waals surface area contributed by atoms with E-state index in [2.05, 4.69) is 10.4 Å². The highest BCUT2D eigenvalue weighted by Crippen LogP contribution is 2.24. The van der Waals surface area contributed by atoms with E-state index in [9.17, 15) is 14.7 Å². The molecule has 26 heavy (non-hydrogen) atoms. The van der Waals surface area contributed by atoms with Crippen LogP contribution < -0.4 is 15.6 Å². The molecule has 1 aromatic heterocycles. The van der Waals surface area contributed by atoms with Gasteiger partial charge < -0.3 is 15.2 Å². The Morgan fingerprint density at radius 3 is 2.62 bits per heavy atom. The summed E-state index contributed by atoms with van der Waals surface area (Å²) in [5.41, 5.74) is -0.237. The smallest absolute Gasteiger partial charge is 0.280 e. The fourth-order valence-corrected chi connectivity index (χ4v) is 2.51. The third-order valence-corrected chi connectivity index (χ3v) is 3.89. The molecular formula is C18H14ClN3O4. The van der Waals surface area contributed by atoms with Gasteiger partial charge in [-0.05, 0) is 24.3 Å². The van der Waals surface area contributed by atoms with E-state index < -0.39 is 17.2 Å². The van der Waals surface area contributed by atoms with E-state index in [4.69, 9.17) is 16.3 Å². The Morgan fingerprint density at radius 2 is 1.88 bits per heavy atom. The van der Waals surface area contributed by atoms with Crippen LogP contribution in [0.5, 0.6) is 11.5 Å². The molecule has 8 heteroatoms. The van der Waals surface area contributed by atoms with E-state index >= 15 is 0 Å². The Hall–Kier alpha value is -3.32. The van der Waals surface area contributed by atoms with Gasteiger partial charge in [0, 0.05) is 6.07 Å². The average Bonchev–Trinajstić information content (AvgIpc) is 2.63. The first kappa shape index (κ1) is 17.5. The molecule has 7 nitrogen and oxygen atoms in total. The maximum atomic E-state index is 12.5. The first-order valence-electron chi connectivity index (χ1n) is 7.54. The second-order valence-electron chi connectivity index (χ2n) is 5.23. The molecule has 2 N–H and O–H groups in total. The molecule has 0 aliphatic heterocycles. The van der Waals surface area contributed by atoms with Crippen LogP contribution in [0.1, 0.15) is 10.5 Å². The maximum Gasteiger partial charge on any atom is 0.280 e. The highest BCUT2D eigenvalue weighted by molar-refractivity contribution is 6.33. The van der Waals surface area contributed by atoms with Gasteiger partial charge in [0.1, 0.15) is 11.4 Å². The van der Waals surface area contributed by atoms with Gasteiger partial charge in [-0.25, -0.2) is 0 Å². The van der Waals surface area contributed by atoms with Crippen molar-refractivity contribution < 1.29 is 14.6 Å². The zero-order chi connectivity index (χ0) is 18.7. The van der Waals surface area contributed by atoms with Gasteiger partial charge in [-0.15, -0.1) is 0 Å². The predicted octanol–water partition coefficient (Wildman–Crippen LogP) is 2.85. The number of aromatic nitrogens is 2. The molecule has 1 amide bonds. The maximum absolute atomic E-state index is 12.5. The van der Waals surface area contributed by atoms with Gasteiger partial charge >= 0.3 is 0 Å². The van der Waals surface area contributed by atoms with E-state index in [1.54, 1.807) is 48.5 Å². The Balaban J connectivity index is 2.05. The lowest BCUT2D eigenvalue weighted by atomic mass is 10.2. The molecule has 0 saturated heterocycles. The summed E-state index contributed by atoms with van der Waals surface area (Å²) < 4.78 is 6.20. The summed E-state index contributed by atoms with van der Waals surface area (Å²) >= 11 is 6.02. The molecule has 0 atom stereocenters.